The number of esters is 2. The Hall–Kier alpha value is -2.17. The maximum Gasteiger partial charge on any atom is 0.309 e. The molecule has 0 bridgehead atoms. The number of allylic oxidation sites excluding steroid dienone is 2. The average Bonchev–Trinajstić information content (AvgIpc) is 2.33. The minimum Gasteiger partial charge on any atom is -0.461 e. The predicted molar refractivity (Wildman–Crippen MR) is 72.5 cm³/mol. The number of ketones is 1. The molecule has 0 amide bonds. The zero-order valence-corrected chi connectivity index (χ0v) is 11.5. The molecule has 1 aliphatic carbocycles. The minimum absolute atomic E-state index is 0.0802. The molecule has 0 N–H and O–H groups in total. The van der Waals surface area contributed by atoms with Crippen molar-refractivity contribution in [2.24, 2.45) is 0 Å². The fourth-order valence-corrected chi connectivity index (χ4v) is 1.97. The van der Waals surface area contributed by atoms with E-state index in [9.17, 15) is 14.4 Å². The van der Waals surface area contributed by atoms with Gasteiger partial charge in [-0.05, 0) is 6.42 Å². The molecule has 1 atom stereocenters. The lowest BCUT2D eigenvalue weighted by Crippen LogP contribution is -2.29. The van der Waals surface area contributed by atoms with Crippen molar-refractivity contribution in [2.45, 2.75) is 38.7 Å². The summed E-state index contributed by atoms with van der Waals surface area (Å²) in [4.78, 5) is 34.5. The summed E-state index contributed by atoms with van der Waals surface area (Å²) < 4.78 is 10.2. The van der Waals surface area contributed by atoms with Gasteiger partial charge in [-0.2, -0.15) is 0 Å². The van der Waals surface area contributed by atoms with Crippen molar-refractivity contribution in [2.75, 3.05) is 0 Å². The first kappa shape index (κ1) is 15.9. The van der Waals surface area contributed by atoms with Gasteiger partial charge in [0.05, 0.1) is 6.42 Å². The Morgan fingerprint density at radius 2 is 2.00 bits per heavy atom. The van der Waals surface area contributed by atoms with E-state index in [-0.39, 0.29) is 30.8 Å². The number of hydrogen-bond donors (Lipinski definition) is 0. The molecule has 0 heterocycles. The highest BCUT2D eigenvalue weighted by Gasteiger charge is 2.31. The molecule has 0 saturated heterocycles. The van der Waals surface area contributed by atoms with Crippen molar-refractivity contribution in [3.05, 3.63) is 36.6 Å². The average molecular weight is 278 g/mol. The molecule has 5 heteroatoms. The Kier molecular flexibility index (Phi) is 5.90. The third-order valence-electron chi connectivity index (χ3n) is 2.72. The smallest absolute Gasteiger partial charge is 0.309 e. The molecule has 0 aromatic rings. The van der Waals surface area contributed by atoms with Crippen molar-refractivity contribution in [3.63, 3.8) is 0 Å². The van der Waals surface area contributed by atoms with Crippen LogP contribution in [0.15, 0.2) is 36.6 Å². The zero-order chi connectivity index (χ0) is 15.1. The molecule has 0 fully saturated rings. The second-order valence-electron chi connectivity index (χ2n) is 4.42. The first-order chi connectivity index (χ1) is 9.47. The van der Waals surface area contributed by atoms with Crippen molar-refractivity contribution >= 4 is 17.7 Å². The largest absolute Gasteiger partial charge is 0.461 e. The van der Waals surface area contributed by atoms with Crippen LogP contribution >= 0.6 is 0 Å². The monoisotopic (exact) mass is 278 g/mol. The first-order valence-electron chi connectivity index (χ1n) is 6.32. The molecule has 0 radical (unpaired) electrons. The van der Waals surface area contributed by atoms with E-state index in [1.54, 1.807) is 6.08 Å². The topological polar surface area (TPSA) is 69.7 Å². The van der Waals surface area contributed by atoms with Gasteiger partial charge >= 0.3 is 11.9 Å². The number of rotatable bonds is 6. The Morgan fingerprint density at radius 3 is 2.55 bits per heavy atom. The number of carbonyl (C=O) groups is 3. The molecule has 0 aromatic heterocycles. The van der Waals surface area contributed by atoms with Gasteiger partial charge in [-0.15, -0.1) is 13.2 Å². The molecule has 1 unspecified atom stereocenters. The highest BCUT2D eigenvalue weighted by atomic mass is 16.6. The fourth-order valence-electron chi connectivity index (χ4n) is 1.97. The summed E-state index contributed by atoms with van der Waals surface area (Å²) in [6, 6.07) is 0. The molecule has 0 aliphatic heterocycles. The van der Waals surface area contributed by atoms with E-state index in [1.165, 1.54) is 13.0 Å². The molecule has 0 saturated carbocycles. The van der Waals surface area contributed by atoms with Crippen LogP contribution < -0.4 is 0 Å². The van der Waals surface area contributed by atoms with Gasteiger partial charge < -0.3 is 9.47 Å². The lowest BCUT2D eigenvalue weighted by molar-refractivity contribution is -0.150. The second kappa shape index (κ2) is 7.43. The molecule has 1 rings (SSSR count). The van der Waals surface area contributed by atoms with Gasteiger partial charge in [0.2, 0.25) is 0 Å². The molecular weight excluding hydrogens is 260 g/mol. The van der Waals surface area contributed by atoms with Crippen LogP contribution in [0.4, 0.5) is 0 Å². The van der Waals surface area contributed by atoms with Gasteiger partial charge in [0, 0.05) is 25.3 Å². The normalized spacial score (nSPS) is 18.4. The van der Waals surface area contributed by atoms with E-state index in [0.717, 1.165) is 0 Å². The van der Waals surface area contributed by atoms with E-state index < -0.39 is 18.0 Å². The number of carbonyl (C=O) groups excluding carboxylic acids is 3. The van der Waals surface area contributed by atoms with Crippen LogP contribution in [-0.2, 0) is 23.9 Å². The van der Waals surface area contributed by atoms with Crippen molar-refractivity contribution in [3.8, 4) is 0 Å². The SMILES string of the molecule is C=CCC(=O)OC1CC(=O)C(CC=C)=C(OC(C)=O)C1. The van der Waals surface area contributed by atoms with E-state index in [0.29, 0.717) is 12.0 Å². The van der Waals surface area contributed by atoms with E-state index in [4.69, 9.17) is 9.47 Å². The Balaban J connectivity index is 2.87. The van der Waals surface area contributed by atoms with E-state index in [1.807, 2.05) is 0 Å². The summed E-state index contributed by atoms with van der Waals surface area (Å²) in [5.41, 5.74) is 0.422. The summed E-state index contributed by atoms with van der Waals surface area (Å²) in [6.07, 6.45) is 3.12. The first-order valence-corrected chi connectivity index (χ1v) is 6.32. The molecular formula is C15H18O5. The van der Waals surface area contributed by atoms with Gasteiger partial charge in [-0.3, -0.25) is 14.4 Å². The fraction of sp³-hybridized carbons (Fsp3) is 0.400. The van der Waals surface area contributed by atoms with Crippen LogP contribution in [0.1, 0.15) is 32.6 Å². The summed E-state index contributed by atoms with van der Waals surface area (Å²) in [6.45, 7) is 8.27. The molecule has 0 spiro atoms. The van der Waals surface area contributed by atoms with Crippen molar-refractivity contribution < 1.29 is 23.9 Å². The lowest BCUT2D eigenvalue weighted by atomic mass is 9.92. The number of Topliss-reactive ketones (excluding diaryl/α,β-unsaturated/α-hetero) is 1. The van der Waals surface area contributed by atoms with Crippen LogP contribution in [0.3, 0.4) is 0 Å². The summed E-state index contributed by atoms with van der Waals surface area (Å²) in [5, 5.41) is 0. The second-order valence-corrected chi connectivity index (χ2v) is 4.42. The van der Waals surface area contributed by atoms with Crippen LogP contribution in [0, 0.1) is 0 Å². The maximum atomic E-state index is 12.0. The van der Waals surface area contributed by atoms with Gasteiger partial charge in [-0.1, -0.05) is 12.2 Å². The molecule has 20 heavy (non-hydrogen) atoms. The quantitative estimate of drug-likeness (QED) is 0.550. The lowest BCUT2D eigenvalue weighted by Gasteiger charge is -2.25. The van der Waals surface area contributed by atoms with Gasteiger partial charge in [0.15, 0.2) is 5.78 Å². The highest BCUT2D eigenvalue weighted by Crippen LogP contribution is 2.28. The standard InChI is InChI=1S/C15H18O5/c1-4-6-12-13(17)8-11(20-15(18)7-5-2)9-14(12)19-10(3)16/h4-5,11H,1-2,6-9H2,3H3. The minimum atomic E-state index is -0.599. The van der Waals surface area contributed by atoms with Crippen LogP contribution in [0.2, 0.25) is 0 Å². The Morgan fingerprint density at radius 1 is 1.30 bits per heavy atom. The summed E-state index contributed by atoms with van der Waals surface area (Å²) in [7, 11) is 0. The summed E-state index contributed by atoms with van der Waals surface area (Å²) in [5.74, 6) is -0.881. The van der Waals surface area contributed by atoms with Gasteiger partial charge in [0.1, 0.15) is 11.9 Å². The summed E-state index contributed by atoms with van der Waals surface area (Å²) >= 11 is 0. The van der Waals surface area contributed by atoms with Gasteiger partial charge in [-0.25, -0.2) is 0 Å². The number of hydrogen-bond acceptors (Lipinski definition) is 5. The molecule has 0 aromatic carbocycles. The van der Waals surface area contributed by atoms with Crippen LogP contribution in [0.25, 0.3) is 0 Å². The maximum absolute atomic E-state index is 12.0. The Bertz CT molecular complexity index is 473. The zero-order valence-electron chi connectivity index (χ0n) is 11.5. The Labute approximate surface area is 117 Å². The van der Waals surface area contributed by atoms with E-state index in [2.05, 4.69) is 13.2 Å². The van der Waals surface area contributed by atoms with E-state index >= 15 is 0 Å². The third-order valence-corrected chi connectivity index (χ3v) is 2.72. The molecule has 1 aliphatic rings. The third kappa shape index (κ3) is 4.50. The van der Waals surface area contributed by atoms with Crippen LogP contribution in [0.5, 0.6) is 0 Å². The van der Waals surface area contributed by atoms with Gasteiger partial charge in [0.25, 0.3) is 0 Å². The highest BCUT2D eigenvalue weighted by molar-refractivity contribution is 5.97. The molecule has 108 valence electrons. The predicted octanol–water partition coefficient (Wildman–Crippen LogP) is 2.23. The molecule has 5 nitrogen and oxygen atoms in total. The van der Waals surface area contributed by atoms with Crippen LogP contribution in [-0.4, -0.2) is 23.8 Å². The number of ether oxygens (including phenoxy) is 2. The van der Waals surface area contributed by atoms with Crippen molar-refractivity contribution in [1.29, 1.82) is 0 Å². The van der Waals surface area contributed by atoms with Crippen molar-refractivity contribution in [1.82, 2.24) is 0 Å².